The van der Waals surface area contributed by atoms with Gasteiger partial charge in [0.2, 0.25) is 11.7 Å². The molecule has 0 saturated carbocycles. The second-order valence-electron chi connectivity index (χ2n) is 5.67. The number of rotatable bonds is 6. The Morgan fingerprint density at radius 3 is 2.60 bits per heavy atom. The zero-order valence-corrected chi connectivity index (χ0v) is 14.1. The summed E-state index contributed by atoms with van der Waals surface area (Å²) in [4.78, 5) is 16.4. The first kappa shape index (κ1) is 16.7. The van der Waals surface area contributed by atoms with Crippen LogP contribution in [0.25, 0.3) is 11.4 Å². The van der Waals surface area contributed by atoms with Crippen LogP contribution in [0.4, 0.5) is 0 Å². The lowest BCUT2D eigenvalue weighted by molar-refractivity contribution is -0.127. The van der Waals surface area contributed by atoms with Crippen molar-refractivity contribution in [2.24, 2.45) is 0 Å². The van der Waals surface area contributed by atoms with E-state index in [2.05, 4.69) is 15.5 Å². The van der Waals surface area contributed by atoms with E-state index < -0.39 is 6.10 Å². The van der Waals surface area contributed by atoms with Crippen LogP contribution in [0.2, 0.25) is 0 Å². The second kappa shape index (κ2) is 7.61. The largest absolute Gasteiger partial charge is 0.481 e. The molecule has 25 heavy (non-hydrogen) atoms. The topological polar surface area (TPSA) is 77.2 Å². The van der Waals surface area contributed by atoms with Crippen molar-refractivity contribution >= 4 is 5.91 Å². The van der Waals surface area contributed by atoms with E-state index in [-0.39, 0.29) is 12.5 Å². The fourth-order valence-corrected chi connectivity index (χ4v) is 2.21. The average molecular weight is 337 g/mol. The summed E-state index contributed by atoms with van der Waals surface area (Å²) >= 11 is 0. The molecule has 0 fully saturated rings. The van der Waals surface area contributed by atoms with Crippen LogP contribution in [0.3, 0.4) is 0 Å². The van der Waals surface area contributed by atoms with Crippen LogP contribution in [0.1, 0.15) is 18.4 Å². The van der Waals surface area contributed by atoms with Gasteiger partial charge in [0, 0.05) is 5.56 Å². The molecule has 0 aliphatic carbocycles. The molecule has 0 bridgehead atoms. The summed E-state index contributed by atoms with van der Waals surface area (Å²) in [6.07, 6.45) is -0.626. The molecule has 3 rings (SSSR count). The van der Waals surface area contributed by atoms with Crippen molar-refractivity contribution in [3.05, 3.63) is 66.1 Å². The quantitative estimate of drug-likeness (QED) is 0.748. The molecular weight excluding hydrogens is 318 g/mol. The van der Waals surface area contributed by atoms with Gasteiger partial charge in [0.1, 0.15) is 5.75 Å². The molecule has 0 saturated heterocycles. The summed E-state index contributed by atoms with van der Waals surface area (Å²) in [5.41, 5.74) is 2.00. The van der Waals surface area contributed by atoms with E-state index in [1.165, 1.54) is 0 Å². The third-order valence-corrected chi connectivity index (χ3v) is 3.62. The van der Waals surface area contributed by atoms with E-state index in [1.54, 1.807) is 6.92 Å². The van der Waals surface area contributed by atoms with Gasteiger partial charge < -0.3 is 14.6 Å². The molecule has 0 radical (unpaired) electrons. The summed E-state index contributed by atoms with van der Waals surface area (Å²) in [6.45, 7) is 3.84. The highest BCUT2D eigenvalue weighted by atomic mass is 16.5. The fourth-order valence-electron chi connectivity index (χ4n) is 2.21. The average Bonchev–Trinajstić information content (AvgIpc) is 3.11. The highest BCUT2D eigenvalue weighted by Gasteiger charge is 2.16. The lowest BCUT2D eigenvalue weighted by Gasteiger charge is -2.14. The number of benzene rings is 2. The number of ether oxygens (including phenoxy) is 1. The van der Waals surface area contributed by atoms with Gasteiger partial charge in [-0.25, -0.2) is 0 Å². The third kappa shape index (κ3) is 4.44. The first-order valence-corrected chi connectivity index (χ1v) is 8.01. The van der Waals surface area contributed by atoms with Crippen molar-refractivity contribution < 1.29 is 14.1 Å². The molecule has 3 aromatic rings. The maximum absolute atomic E-state index is 12.1. The molecule has 0 unspecified atom stereocenters. The number of hydrogen-bond donors (Lipinski definition) is 1. The van der Waals surface area contributed by atoms with Gasteiger partial charge in [0.25, 0.3) is 5.91 Å². The zero-order valence-electron chi connectivity index (χ0n) is 14.1. The Morgan fingerprint density at radius 1 is 1.16 bits per heavy atom. The molecule has 1 heterocycles. The Kier molecular flexibility index (Phi) is 5.09. The molecule has 2 aromatic carbocycles. The maximum Gasteiger partial charge on any atom is 0.261 e. The van der Waals surface area contributed by atoms with Crippen molar-refractivity contribution in [3.63, 3.8) is 0 Å². The molecule has 6 nitrogen and oxygen atoms in total. The van der Waals surface area contributed by atoms with Gasteiger partial charge in [0.15, 0.2) is 6.10 Å². The molecule has 1 amide bonds. The number of aryl methyl sites for hydroxylation is 1. The minimum Gasteiger partial charge on any atom is -0.481 e. The SMILES string of the molecule is Cc1ccc(O[C@@H](C)C(=O)NCc2nc(-c3ccccc3)no2)cc1. The minimum atomic E-state index is -0.626. The van der Waals surface area contributed by atoms with Crippen LogP contribution in [0, 0.1) is 6.92 Å². The van der Waals surface area contributed by atoms with Crippen LogP contribution >= 0.6 is 0 Å². The smallest absolute Gasteiger partial charge is 0.261 e. The van der Waals surface area contributed by atoms with Crippen molar-refractivity contribution in [2.45, 2.75) is 26.5 Å². The van der Waals surface area contributed by atoms with Crippen molar-refractivity contribution in [1.82, 2.24) is 15.5 Å². The molecule has 1 aromatic heterocycles. The number of nitrogens with one attached hydrogen (secondary N) is 1. The number of aromatic nitrogens is 2. The van der Waals surface area contributed by atoms with Crippen LogP contribution in [-0.2, 0) is 11.3 Å². The lowest BCUT2D eigenvalue weighted by Crippen LogP contribution is -2.35. The number of amides is 1. The van der Waals surface area contributed by atoms with Gasteiger partial charge in [-0.2, -0.15) is 4.98 Å². The predicted octanol–water partition coefficient (Wildman–Crippen LogP) is 3.13. The Labute approximate surface area is 145 Å². The molecule has 0 spiro atoms. The molecule has 6 heteroatoms. The fraction of sp³-hybridized carbons (Fsp3) is 0.211. The maximum atomic E-state index is 12.1. The Bertz CT molecular complexity index is 829. The molecule has 128 valence electrons. The number of carbonyl (C=O) groups excluding carboxylic acids is 1. The molecule has 0 aliphatic heterocycles. The van der Waals surface area contributed by atoms with Gasteiger partial charge in [-0.1, -0.05) is 53.2 Å². The number of carbonyl (C=O) groups is 1. The van der Waals surface area contributed by atoms with Gasteiger partial charge in [-0.15, -0.1) is 0 Å². The summed E-state index contributed by atoms with van der Waals surface area (Å²) in [6, 6.07) is 17.0. The Balaban J connectivity index is 1.53. The van der Waals surface area contributed by atoms with Crippen molar-refractivity contribution in [3.8, 4) is 17.1 Å². The van der Waals surface area contributed by atoms with Gasteiger partial charge in [0.05, 0.1) is 6.54 Å². The third-order valence-electron chi connectivity index (χ3n) is 3.62. The number of nitrogens with zero attached hydrogens (tertiary/aromatic N) is 2. The number of hydrogen-bond acceptors (Lipinski definition) is 5. The minimum absolute atomic E-state index is 0.153. The van der Waals surface area contributed by atoms with E-state index in [1.807, 2.05) is 61.5 Å². The first-order valence-electron chi connectivity index (χ1n) is 8.01. The van der Waals surface area contributed by atoms with E-state index in [0.29, 0.717) is 17.5 Å². The van der Waals surface area contributed by atoms with E-state index in [9.17, 15) is 4.79 Å². The van der Waals surface area contributed by atoms with Crippen LogP contribution in [-0.4, -0.2) is 22.2 Å². The van der Waals surface area contributed by atoms with Gasteiger partial charge in [-0.3, -0.25) is 4.79 Å². The summed E-state index contributed by atoms with van der Waals surface area (Å²) < 4.78 is 10.8. The van der Waals surface area contributed by atoms with Crippen LogP contribution in [0.5, 0.6) is 5.75 Å². The van der Waals surface area contributed by atoms with Gasteiger partial charge in [-0.05, 0) is 26.0 Å². The summed E-state index contributed by atoms with van der Waals surface area (Å²) in [7, 11) is 0. The molecule has 0 aliphatic rings. The van der Waals surface area contributed by atoms with Crippen LogP contribution < -0.4 is 10.1 Å². The highest BCUT2D eigenvalue weighted by Crippen LogP contribution is 2.15. The normalized spacial score (nSPS) is 11.8. The molecular formula is C19H19N3O3. The van der Waals surface area contributed by atoms with Crippen molar-refractivity contribution in [2.75, 3.05) is 0 Å². The highest BCUT2D eigenvalue weighted by molar-refractivity contribution is 5.80. The molecule has 1 atom stereocenters. The van der Waals surface area contributed by atoms with E-state index in [4.69, 9.17) is 9.26 Å². The predicted molar refractivity (Wildman–Crippen MR) is 92.8 cm³/mol. The Hall–Kier alpha value is -3.15. The van der Waals surface area contributed by atoms with E-state index in [0.717, 1.165) is 11.1 Å². The first-order chi connectivity index (χ1) is 12.1. The lowest BCUT2D eigenvalue weighted by atomic mass is 10.2. The second-order valence-corrected chi connectivity index (χ2v) is 5.67. The Morgan fingerprint density at radius 2 is 1.88 bits per heavy atom. The van der Waals surface area contributed by atoms with Crippen molar-refractivity contribution in [1.29, 1.82) is 0 Å². The van der Waals surface area contributed by atoms with E-state index >= 15 is 0 Å². The zero-order chi connectivity index (χ0) is 17.6. The summed E-state index contributed by atoms with van der Waals surface area (Å²) in [5.74, 6) is 1.24. The molecule has 1 N–H and O–H groups in total. The monoisotopic (exact) mass is 337 g/mol. The van der Waals surface area contributed by atoms with Gasteiger partial charge >= 0.3 is 0 Å². The van der Waals surface area contributed by atoms with Crippen LogP contribution in [0.15, 0.2) is 59.1 Å². The summed E-state index contributed by atoms with van der Waals surface area (Å²) in [5, 5.41) is 6.65. The standard InChI is InChI=1S/C19H19N3O3/c1-13-8-10-16(11-9-13)24-14(2)19(23)20-12-17-21-18(22-25-17)15-6-4-3-5-7-15/h3-11,14H,12H2,1-2H3,(H,20,23)/t14-/m0/s1.